The van der Waals surface area contributed by atoms with E-state index in [0.717, 1.165) is 10.5 Å². The van der Waals surface area contributed by atoms with E-state index in [2.05, 4.69) is 10.3 Å². The number of aromatic nitrogens is 1. The van der Waals surface area contributed by atoms with Crippen molar-refractivity contribution < 1.29 is 9.59 Å². The van der Waals surface area contributed by atoms with Crippen molar-refractivity contribution in [1.82, 2.24) is 10.3 Å². The number of carbonyl (C=O) groups is 2. The minimum Gasteiger partial charge on any atom is -0.319 e. The van der Waals surface area contributed by atoms with E-state index in [1.807, 2.05) is 6.92 Å². The first-order valence-electron chi connectivity index (χ1n) is 6.87. The van der Waals surface area contributed by atoms with Crippen LogP contribution in [-0.4, -0.2) is 16.9 Å². The van der Waals surface area contributed by atoms with Crippen LogP contribution in [0.1, 0.15) is 18.1 Å². The molecule has 0 radical (unpaired) electrons. The first-order chi connectivity index (χ1) is 10.8. The second kappa shape index (κ2) is 5.51. The quantitative estimate of drug-likeness (QED) is 0.841. The van der Waals surface area contributed by atoms with Crippen molar-refractivity contribution in [3.8, 4) is 0 Å². The van der Waals surface area contributed by atoms with E-state index in [-0.39, 0.29) is 0 Å². The summed E-state index contributed by atoms with van der Waals surface area (Å²) < 4.78 is 0. The Bertz CT molecular complexity index is 825. The Balaban J connectivity index is 2.04. The van der Waals surface area contributed by atoms with Gasteiger partial charge in [0.2, 0.25) is 0 Å². The number of anilines is 1. The van der Waals surface area contributed by atoms with Crippen LogP contribution in [-0.2, 0) is 10.3 Å². The van der Waals surface area contributed by atoms with Crippen LogP contribution < -0.4 is 10.2 Å². The average Bonchev–Trinajstić information content (AvgIpc) is 2.72. The van der Waals surface area contributed by atoms with Crippen molar-refractivity contribution in [2.45, 2.75) is 19.4 Å². The second-order valence-electron chi connectivity index (χ2n) is 5.55. The standard InChI is InChI=1S/C16H13Cl2N3O2/c1-9-5-11(8-19-7-9)21-14(22)16(2,20-15(21)23)10-3-4-12(17)13(18)6-10/h3-8H,1-2H3,(H,20,23). The Labute approximate surface area is 143 Å². The highest BCUT2D eigenvalue weighted by Crippen LogP contribution is 2.34. The van der Waals surface area contributed by atoms with Gasteiger partial charge in [0.1, 0.15) is 5.54 Å². The van der Waals surface area contributed by atoms with Crippen LogP contribution in [0.3, 0.4) is 0 Å². The van der Waals surface area contributed by atoms with E-state index in [0.29, 0.717) is 21.3 Å². The number of nitrogens with zero attached hydrogens (tertiary/aromatic N) is 2. The third-order valence-electron chi connectivity index (χ3n) is 3.81. The van der Waals surface area contributed by atoms with E-state index >= 15 is 0 Å². The molecule has 0 aliphatic carbocycles. The van der Waals surface area contributed by atoms with Gasteiger partial charge in [0.05, 0.1) is 21.9 Å². The van der Waals surface area contributed by atoms with Crippen LogP contribution in [0.5, 0.6) is 0 Å². The molecule has 0 spiro atoms. The molecule has 2 heterocycles. The first kappa shape index (κ1) is 15.8. The molecule has 1 aliphatic heterocycles. The number of halogens is 2. The zero-order chi connectivity index (χ0) is 16.8. The third-order valence-corrected chi connectivity index (χ3v) is 4.55. The Kier molecular flexibility index (Phi) is 3.78. The van der Waals surface area contributed by atoms with Gasteiger partial charge in [-0.1, -0.05) is 29.3 Å². The lowest BCUT2D eigenvalue weighted by atomic mass is 9.92. The lowest BCUT2D eigenvalue weighted by Crippen LogP contribution is -2.41. The number of hydrogen-bond acceptors (Lipinski definition) is 3. The summed E-state index contributed by atoms with van der Waals surface area (Å²) in [4.78, 5) is 30.3. The van der Waals surface area contributed by atoms with E-state index in [9.17, 15) is 9.59 Å². The van der Waals surface area contributed by atoms with Gasteiger partial charge < -0.3 is 5.32 Å². The largest absolute Gasteiger partial charge is 0.330 e. The maximum atomic E-state index is 12.9. The molecule has 1 fully saturated rings. The second-order valence-corrected chi connectivity index (χ2v) is 6.36. The maximum Gasteiger partial charge on any atom is 0.330 e. The number of aryl methyl sites for hydroxylation is 1. The predicted molar refractivity (Wildman–Crippen MR) is 88.8 cm³/mol. The maximum absolute atomic E-state index is 12.9. The topological polar surface area (TPSA) is 62.3 Å². The fraction of sp³-hybridized carbons (Fsp3) is 0.188. The molecule has 1 saturated heterocycles. The number of urea groups is 1. The fourth-order valence-electron chi connectivity index (χ4n) is 2.54. The number of benzene rings is 1. The Hall–Kier alpha value is -2.11. The van der Waals surface area contributed by atoms with Gasteiger partial charge in [0, 0.05) is 6.20 Å². The molecule has 1 unspecified atom stereocenters. The number of carbonyl (C=O) groups excluding carboxylic acids is 2. The minimum absolute atomic E-state index is 0.322. The molecule has 1 aromatic heterocycles. The molecule has 7 heteroatoms. The Morgan fingerprint density at radius 1 is 1.13 bits per heavy atom. The van der Waals surface area contributed by atoms with Crippen LogP contribution in [0.15, 0.2) is 36.7 Å². The summed E-state index contributed by atoms with van der Waals surface area (Å²) in [7, 11) is 0. The summed E-state index contributed by atoms with van der Waals surface area (Å²) in [5.74, 6) is -0.395. The minimum atomic E-state index is -1.21. The van der Waals surface area contributed by atoms with Gasteiger partial charge in [-0.15, -0.1) is 0 Å². The third kappa shape index (κ3) is 2.56. The van der Waals surface area contributed by atoms with Crippen molar-refractivity contribution in [2.24, 2.45) is 0 Å². The lowest BCUT2D eigenvalue weighted by molar-refractivity contribution is -0.121. The summed E-state index contributed by atoms with van der Waals surface area (Å²) in [6.45, 7) is 3.48. The number of nitrogens with one attached hydrogen (secondary N) is 1. The molecular weight excluding hydrogens is 337 g/mol. The molecule has 0 saturated carbocycles. The highest BCUT2D eigenvalue weighted by atomic mass is 35.5. The van der Waals surface area contributed by atoms with Crippen molar-refractivity contribution >= 4 is 40.8 Å². The van der Waals surface area contributed by atoms with Crippen LogP contribution in [0.2, 0.25) is 10.0 Å². The molecule has 3 rings (SSSR count). The zero-order valence-electron chi connectivity index (χ0n) is 12.4. The normalized spacial score (nSPS) is 20.8. The number of imide groups is 1. The summed E-state index contributed by atoms with van der Waals surface area (Å²) >= 11 is 11.9. The average molecular weight is 350 g/mol. The monoisotopic (exact) mass is 349 g/mol. The van der Waals surface area contributed by atoms with Gasteiger partial charge in [0.15, 0.2) is 0 Å². The molecular formula is C16H13Cl2N3O2. The number of hydrogen-bond donors (Lipinski definition) is 1. The van der Waals surface area contributed by atoms with E-state index in [4.69, 9.17) is 23.2 Å². The zero-order valence-corrected chi connectivity index (χ0v) is 13.9. The van der Waals surface area contributed by atoms with Crippen LogP contribution >= 0.6 is 23.2 Å². The SMILES string of the molecule is Cc1cncc(N2C(=O)NC(C)(c3ccc(Cl)c(Cl)c3)C2=O)c1. The van der Waals surface area contributed by atoms with Crippen molar-refractivity contribution in [3.05, 3.63) is 57.8 Å². The van der Waals surface area contributed by atoms with Crippen molar-refractivity contribution in [1.29, 1.82) is 0 Å². The molecule has 2 aromatic rings. The van der Waals surface area contributed by atoms with Gasteiger partial charge in [-0.2, -0.15) is 0 Å². The molecule has 1 N–H and O–H groups in total. The Morgan fingerprint density at radius 2 is 1.87 bits per heavy atom. The molecule has 3 amide bonds. The molecule has 1 aliphatic rings. The van der Waals surface area contributed by atoms with Gasteiger partial charge in [-0.25, -0.2) is 9.69 Å². The summed E-state index contributed by atoms with van der Waals surface area (Å²) in [6.07, 6.45) is 3.13. The molecule has 23 heavy (non-hydrogen) atoms. The van der Waals surface area contributed by atoms with E-state index in [1.54, 1.807) is 37.4 Å². The highest BCUT2D eigenvalue weighted by Gasteiger charge is 2.49. The Morgan fingerprint density at radius 3 is 2.52 bits per heavy atom. The fourth-order valence-corrected chi connectivity index (χ4v) is 2.84. The van der Waals surface area contributed by atoms with Crippen LogP contribution in [0, 0.1) is 6.92 Å². The molecule has 1 atom stereocenters. The van der Waals surface area contributed by atoms with Crippen molar-refractivity contribution in [2.75, 3.05) is 4.90 Å². The number of amides is 3. The number of pyridine rings is 1. The highest BCUT2D eigenvalue weighted by molar-refractivity contribution is 6.42. The molecule has 0 bridgehead atoms. The lowest BCUT2D eigenvalue weighted by Gasteiger charge is -2.22. The molecule has 118 valence electrons. The summed E-state index contributed by atoms with van der Waals surface area (Å²) in [6, 6.07) is 6.08. The van der Waals surface area contributed by atoms with Crippen LogP contribution in [0.25, 0.3) is 0 Å². The van der Waals surface area contributed by atoms with E-state index in [1.165, 1.54) is 6.20 Å². The first-order valence-corrected chi connectivity index (χ1v) is 7.62. The van der Waals surface area contributed by atoms with Crippen LogP contribution in [0.4, 0.5) is 10.5 Å². The van der Waals surface area contributed by atoms with E-state index < -0.39 is 17.5 Å². The smallest absolute Gasteiger partial charge is 0.319 e. The molecule has 1 aromatic carbocycles. The van der Waals surface area contributed by atoms with Gasteiger partial charge in [-0.3, -0.25) is 9.78 Å². The van der Waals surface area contributed by atoms with Crippen molar-refractivity contribution in [3.63, 3.8) is 0 Å². The predicted octanol–water partition coefficient (Wildman–Crippen LogP) is 3.67. The summed E-state index contributed by atoms with van der Waals surface area (Å²) in [5.41, 5.74) is 0.630. The number of rotatable bonds is 2. The van der Waals surface area contributed by atoms with Gasteiger partial charge in [0.25, 0.3) is 5.91 Å². The summed E-state index contributed by atoms with van der Waals surface area (Å²) in [5, 5.41) is 3.43. The van der Waals surface area contributed by atoms with Gasteiger partial charge >= 0.3 is 6.03 Å². The molecule has 5 nitrogen and oxygen atoms in total. The van der Waals surface area contributed by atoms with Gasteiger partial charge in [-0.05, 0) is 43.2 Å².